The largest absolute Gasteiger partial charge is 0.335 e. The molecule has 0 bridgehead atoms. The van der Waals surface area contributed by atoms with Gasteiger partial charge in [0.05, 0.1) is 15.6 Å². The summed E-state index contributed by atoms with van der Waals surface area (Å²) in [5, 5.41) is 0. The molecule has 6 aromatic rings. The molecule has 1 heteroatoms. The normalized spacial score (nSPS) is 19.4. The Morgan fingerprint density at radius 2 is 1.38 bits per heavy atom. The Bertz CT molecular complexity index is 2700. The van der Waals surface area contributed by atoms with Crippen molar-refractivity contribution >= 4 is 23.9 Å². The van der Waals surface area contributed by atoms with Gasteiger partial charge < -0.3 is 4.90 Å². The first-order valence-corrected chi connectivity index (χ1v) is 20.3. The van der Waals surface area contributed by atoms with E-state index in [-0.39, 0.29) is 23.9 Å². The van der Waals surface area contributed by atoms with E-state index in [2.05, 4.69) is 164 Å². The van der Waals surface area contributed by atoms with E-state index in [0.29, 0.717) is 0 Å². The number of benzene rings is 6. The SMILES string of the molecule is [2H]C=C([2H])C(C([2H])/C([2H])=C/c1cc(/C=C\C)c(C)c(C)c1/C=C\C)N(C1=CC2C(C=C1)c1ccccc1C2(c1ccccc1)c1ccccc1)c1cccc(-c2ccccc2)c1. The number of nitrogens with zero attached hydrogens (tertiary/aromatic N) is 1. The highest BCUT2D eigenvalue weighted by Crippen LogP contribution is 2.60. The van der Waals surface area contributed by atoms with Crippen molar-refractivity contribution in [1.82, 2.24) is 0 Å². The van der Waals surface area contributed by atoms with Crippen LogP contribution >= 0.6 is 0 Å². The smallest absolute Gasteiger partial charge is 0.0592 e. The maximum Gasteiger partial charge on any atom is 0.0592 e. The van der Waals surface area contributed by atoms with E-state index >= 15 is 0 Å². The second-order valence-electron chi connectivity index (χ2n) is 15.2. The average molecular weight is 756 g/mol. The Kier molecular flexibility index (Phi) is 9.85. The Labute approximate surface area is 352 Å². The van der Waals surface area contributed by atoms with Gasteiger partial charge in [-0.15, -0.1) is 6.55 Å². The van der Waals surface area contributed by atoms with Gasteiger partial charge >= 0.3 is 0 Å². The molecule has 4 atom stereocenters. The molecule has 0 spiro atoms. The van der Waals surface area contributed by atoms with Crippen LogP contribution in [0, 0.1) is 19.8 Å². The molecular formula is C57H53N. The van der Waals surface area contributed by atoms with Gasteiger partial charge in [-0.3, -0.25) is 0 Å². The van der Waals surface area contributed by atoms with E-state index in [4.69, 9.17) is 1.37 Å². The first-order chi connectivity index (χ1) is 30.2. The van der Waals surface area contributed by atoms with Gasteiger partial charge in [0, 0.05) is 24.6 Å². The number of hydrogen-bond donors (Lipinski definition) is 0. The molecule has 58 heavy (non-hydrogen) atoms. The molecule has 0 radical (unpaired) electrons. The standard InChI is InChI=1S/C57H53N/c1-6-22-44-38-46(52(23-7-2)42(5)41(44)4)27-21-32-49(8-3)58(50-33-20-26-45(39-50)43-24-12-9-13-25-43)51-36-37-54-53-34-18-19-35-55(53)57(56(54)40-51,47-28-14-10-15-29-47)48-30-16-11-17-31-48/h6-31,33-40,49,54,56H,3,32H2,1-2,4-5H3/b22-6-,23-7-,27-21+/i3D,8D,21D,32D/b8-3?,22-6-,23-7-,27-21+. The summed E-state index contributed by atoms with van der Waals surface area (Å²) in [5.41, 5.74) is 13.2. The molecule has 0 saturated heterocycles. The Morgan fingerprint density at radius 1 is 0.724 bits per heavy atom. The van der Waals surface area contributed by atoms with Crippen molar-refractivity contribution in [3.05, 3.63) is 250 Å². The van der Waals surface area contributed by atoms with Crippen LogP contribution in [0.3, 0.4) is 0 Å². The number of fused-ring (bicyclic) bond motifs is 3. The summed E-state index contributed by atoms with van der Waals surface area (Å²) in [5.74, 6) is -0.0356. The summed E-state index contributed by atoms with van der Waals surface area (Å²) in [7, 11) is 0. The zero-order chi connectivity index (χ0) is 43.4. The van der Waals surface area contributed by atoms with Gasteiger partial charge in [0.15, 0.2) is 0 Å². The fourth-order valence-corrected chi connectivity index (χ4v) is 9.32. The molecule has 0 N–H and O–H groups in total. The molecule has 8 rings (SSSR count). The van der Waals surface area contributed by atoms with Gasteiger partial charge in [0.25, 0.3) is 0 Å². The quantitative estimate of drug-likeness (QED) is 0.112. The number of anilines is 1. The molecule has 0 amide bonds. The maximum absolute atomic E-state index is 10.0. The predicted octanol–water partition coefficient (Wildman–Crippen LogP) is 14.7. The van der Waals surface area contributed by atoms with Crippen molar-refractivity contribution in [3.63, 3.8) is 0 Å². The fraction of sp³-hybridized carbons (Fsp3) is 0.158. The van der Waals surface area contributed by atoms with Crippen LogP contribution in [0.4, 0.5) is 5.69 Å². The average Bonchev–Trinajstić information content (AvgIpc) is 3.62. The van der Waals surface area contributed by atoms with E-state index in [1.54, 1.807) is 6.08 Å². The van der Waals surface area contributed by atoms with Gasteiger partial charge in [0.1, 0.15) is 0 Å². The van der Waals surface area contributed by atoms with Crippen molar-refractivity contribution in [1.29, 1.82) is 0 Å². The molecular weight excluding hydrogens is 699 g/mol. The van der Waals surface area contributed by atoms with E-state index < -0.39 is 17.9 Å². The van der Waals surface area contributed by atoms with Gasteiger partial charge in [-0.05, 0) is 120 Å². The molecule has 0 aromatic heterocycles. The highest BCUT2D eigenvalue weighted by molar-refractivity contribution is 5.75. The highest BCUT2D eigenvalue weighted by Gasteiger charge is 2.53. The molecule has 0 heterocycles. The van der Waals surface area contributed by atoms with Crippen LogP contribution in [0.1, 0.15) is 81.7 Å². The summed E-state index contributed by atoms with van der Waals surface area (Å²) in [6, 6.07) is 49.9. The second-order valence-corrected chi connectivity index (χ2v) is 15.2. The summed E-state index contributed by atoms with van der Waals surface area (Å²) in [4.78, 5) is 2.05. The summed E-state index contributed by atoms with van der Waals surface area (Å²) < 4.78 is 37.7. The van der Waals surface area contributed by atoms with Crippen molar-refractivity contribution in [3.8, 4) is 11.1 Å². The van der Waals surface area contributed by atoms with E-state index in [9.17, 15) is 4.11 Å². The number of rotatable bonds is 12. The molecule has 0 saturated carbocycles. The minimum absolute atomic E-state index is 0.0492. The first-order valence-electron chi connectivity index (χ1n) is 22.5. The van der Waals surface area contributed by atoms with Crippen LogP contribution in [-0.4, -0.2) is 6.04 Å². The van der Waals surface area contributed by atoms with Crippen LogP contribution < -0.4 is 4.90 Å². The molecule has 2 aliphatic rings. The van der Waals surface area contributed by atoms with Crippen LogP contribution in [0.2, 0.25) is 0 Å². The van der Waals surface area contributed by atoms with E-state index in [1.807, 2.05) is 56.3 Å². The van der Waals surface area contributed by atoms with Gasteiger partial charge in [-0.1, -0.05) is 182 Å². The topological polar surface area (TPSA) is 3.24 Å². The molecule has 6 aromatic carbocycles. The Morgan fingerprint density at radius 3 is 2.07 bits per heavy atom. The second kappa shape index (κ2) is 17.0. The summed E-state index contributed by atoms with van der Waals surface area (Å²) in [6.45, 7) is 9.25. The van der Waals surface area contributed by atoms with Crippen molar-refractivity contribution in [2.24, 2.45) is 5.92 Å². The zero-order valence-corrected chi connectivity index (χ0v) is 33.8. The summed E-state index contributed by atoms with van der Waals surface area (Å²) >= 11 is 0. The fourth-order valence-electron chi connectivity index (χ4n) is 9.32. The lowest BCUT2D eigenvalue weighted by molar-refractivity contribution is 0.452. The van der Waals surface area contributed by atoms with Crippen molar-refractivity contribution in [2.45, 2.75) is 51.5 Å². The summed E-state index contributed by atoms with van der Waals surface area (Å²) in [6.07, 6.45) is 15.5. The first kappa shape index (κ1) is 33.7. The van der Waals surface area contributed by atoms with E-state index in [0.717, 1.165) is 51.3 Å². The number of allylic oxidation sites excluding steroid dienone is 5. The van der Waals surface area contributed by atoms with Crippen LogP contribution in [-0.2, 0) is 5.41 Å². The van der Waals surface area contributed by atoms with Crippen LogP contribution in [0.15, 0.2) is 200 Å². The molecule has 2 aliphatic carbocycles. The lowest BCUT2D eigenvalue weighted by Crippen LogP contribution is -2.38. The molecule has 1 nitrogen and oxygen atoms in total. The molecule has 0 aliphatic heterocycles. The van der Waals surface area contributed by atoms with Crippen LogP contribution in [0.5, 0.6) is 0 Å². The molecule has 286 valence electrons. The monoisotopic (exact) mass is 755 g/mol. The number of hydrogen-bond acceptors (Lipinski definition) is 1. The van der Waals surface area contributed by atoms with Crippen molar-refractivity contribution < 1.29 is 5.48 Å². The lowest BCUT2D eigenvalue weighted by atomic mass is 9.63. The Balaban J connectivity index is 1.36. The zero-order valence-electron chi connectivity index (χ0n) is 37.8. The van der Waals surface area contributed by atoms with E-state index in [1.165, 1.54) is 27.8 Å². The predicted molar refractivity (Wildman–Crippen MR) is 250 cm³/mol. The third-order valence-corrected chi connectivity index (χ3v) is 12.1. The third kappa shape index (κ3) is 6.96. The van der Waals surface area contributed by atoms with Crippen LogP contribution in [0.25, 0.3) is 29.4 Å². The molecule has 4 unspecified atom stereocenters. The maximum atomic E-state index is 10.0. The van der Waals surface area contributed by atoms with Gasteiger partial charge in [-0.25, -0.2) is 0 Å². The third-order valence-electron chi connectivity index (χ3n) is 12.1. The van der Waals surface area contributed by atoms with Gasteiger partial charge in [0.2, 0.25) is 0 Å². The molecule has 0 fully saturated rings. The highest BCUT2D eigenvalue weighted by atomic mass is 15.2. The van der Waals surface area contributed by atoms with Gasteiger partial charge in [-0.2, -0.15) is 0 Å². The van der Waals surface area contributed by atoms with Crippen molar-refractivity contribution in [2.75, 3.05) is 4.90 Å². The Hall–Kier alpha value is -6.44. The minimum Gasteiger partial charge on any atom is -0.335 e. The minimum atomic E-state index is -1.24. The lowest BCUT2D eigenvalue weighted by Gasteiger charge is -2.41.